The Balaban J connectivity index is 1.85. The first-order valence-electron chi connectivity index (χ1n) is 8.11. The SMILES string of the molecule is NC(=O)c1nn(-c2ccccc2)c2c1CCN(c1ccc(I)cc1)C2=O. The summed E-state index contributed by atoms with van der Waals surface area (Å²) in [4.78, 5) is 26.8. The van der Waals surface area contributed by atoms with Gasteiger partial charge >= 0.3 is 0 Å². The van der Waals surface area contributed by atoms with Crippen LogP contribution in [0.3, 0.4) is 0 Å². The molecule has 0 atom stereocenters. The van der Waals surface area contributed by atoms with Gasteiger partial charge in [0.1, 0.15) is 5.69 Å². The molecule has 0 spiro atoms. The van der Waals surface area contributed by atoms with Gasteiger partial charge in [-0.05, 0) is 65.4 Å². The second-order valence-corrected chi connectivity index (χ2v) is 7.22. The molecule has 0 fully saturated rings. The van der Waals surface area contributed by atoms with Crippen molar-refractivity contribution in [2.75, 3.05) is 11.4 Å². The van der Waals surface area contributed by atoms with Crippen LogP contribution >= 0.6 is 22.6 Å². The summed E-state index contributed by atoms with van der Waals surface area (Å²) in [5, 5.41) is 4.35. The van der Waals surface area contributed by atoms with Gasteiger partial charge in [0.15, 0.2) is 5.69 Å². The molecular weight excluding hydrogens is 443 g/mol. The number of aromatic nitrogens is 2. The van der Waals surface area contributed by atoms with Crippen molar-refractivity contribution in [2.24, 2.45) is 5.73 Å². The number of amides is 2. The largest absolute Gasteiger partial charge is 0.364 e. The van der Waals surface area contributed by atoms with E-state index in [1.807, 2.05) is 54.6 Å². The van der Waals surface area contributed by atoms with Crippen molar-refractivity contribution < 1.29 is 9.59 Å². The number of carbonyl (C=O) groups is 2. The van der Waals surface area contributed by atoms with Crippen LogP contribution in [0.5, 0.6) is 0 Å². The van der Waals surface area contributed by atoms with Gasteiger partial charge in [-0.15, -0.1) is 0 Å². The Morgan fingerprint density at radius 3 is 2.38 bits per heavy atom. The van der Waals surface area contributed by atoms with Gasteiger partial charge in [0.25, 0.3) is 11.8 Å². The van der Waals surface area contributed by atoms with Crippen molar-refractivity contribution in [3.05, 3.63) is 75.1 Å². The van der Waals surface area contributed by atoms with Gasteiger partial charge in [-0.3, -0.25) is 9.59 Å². The van der Waals surface area contributed by atoms with E-state index < -0.39 is 5.91 Å². The number of benzene rings is 2. The first kappa shape index (κ1) is 16.8. The molecule has 0 saturated heterocycles. The van der Waals surface area contributed by atoms with Gasteiger partial charge in [-0.25, -0.2) is 4.68 Å². The molecule has 2 heterocycles. The third-order valence-electron chi connectivity index (χ3n) is 4.39. The first-order valence-corrected chi connectivity index (χ1v) is 9.18. The number of primary amides is 1. The third kappa shape index (κ3) is 2.78. The van der Waals surface area contributed by atoms with E-state index in [0.717, 1.165) is 9.26 Å². The zero-order chi connectivity index (χ0) is 18.3. The van der Waals surface area contributed by atoms with Crippen LogP contribution in [0.2, 0.25) is 0 Å². The molecule has 1 aliphatic heterocycles. The summed E-state index contributed by atoms with van der Waals surface area (Å²) in [6.07, 6.45) is 0.526. The Labute approximate surface area is 163 Å². The van der Waals surface area contributed by atoms with Crippen LogP contribution in [0.25, 0.3) is 5.69 Å². The van der Waals surface area contributed by atoms with Crippen LogP contribution in [0.1, 0.15) is 26.5 Å². The van der Waals surface area contributed by atoms with Crippen LogP contribution in [0.15, 0.2) is 54.6 Å². The highest BCUT2D eigenvalue weighted by Crippen LogP contribution is 2.28. The fraction of sp³-hybridized carbons (Fsp3) is 0.105. The Morgan fingerprint density at radius 2 is 1.73 bits per heavy atom. The number of hydrogen-bond donors (Lipinski definition) is 1. The molecule has 0 bridgehead atoms. The average molecular weight is 458 g/mol. The number of anilines is 1. The van der Waals surface area contributed by atoms with Crippen LogP contribution in [0.4, 0.5) is 5.69 Å². The molecule has 0 aliphatic carbocycles. The highest BCUT2D eigenvalue weighted by molar-refractivity contribution is 14.1. The fourth-order valence-electron chi connectivity index (χ4n) is 3.18. The van der Waals surface area contributed by atoms with Gasteiger partial charge in [-0.2, -0.15) is 5.10 Å². The highest BCUT2D eigenvalue weighted by Gasteiger charge is 2.34. The number of para-hydroxylation sites is 1. The summed E-state index contributed by atoms with van der Waals surface area (Å²) in [5.74, 6) is -0.803. The Hall–Kier alpha value is -2.68. The molecule has 1 aromatic heterocycles. The van der Waals surface area contributed by atoms with E-state index in [-0.39, 0.29) is 11.6 Å². The predicted octanol–water partition coefficient (Wildman–Crippen LogP) is 2.78. The Kier molecular flexibility index (Phi) is 4.23. The molecule has 1 aliphatic rings. The lowest BCUT2D eigenvalue weighted by Crippen LogP contribution is -2.39. The normalized spacial score (nSPS) is 13.6. The quantitative estimate of drug-likeness (QED) is 0.614. The van der Waals surface area contributed by atoms with E-state index in [1.165, 1.54) is 4.68 Å². The van der Waals surface area contributed by atoms with E-state index in [2.05, 4.69) is 27.7 Å². The molecule has 26 heavy (non-hydrogen) atoms. The van der Waals surface area contributed by atoms with Crippen molar-refractivity contribution in [1.82, 2.24) is 9.78 Å². The summed E-state index contributed by atoms with van der Waals surface area (Å²) < 4.78 is 2.62. The zero-order valence-corrected chi connectivity index (χ0v) is 15.9. The number of rotatable bonds is 3. The van der Waals surface area contributed by atoms with Gasteiger partial charge < -0.3 is 10.6 Å². The fourth-order valence-corrected chi connectivity index (χ4v) is 3.54. The maximum Gasteiger partial charge on any atom is 0.277 e. The average Bonchev–Trinajstić information content (AvgIpc) is 3.05. The molecule has 2 aromatic carbocycles. The number of hydrogen-bond acceptors (Lipinski definition) is 3. The highest BCUT2D eigenvalue weighted by atomic mass is 127. The minimum absolute atomic E-state index is 0.166. The van der Waals surface area contributed by atoms with Gasteiger partial charge in [0.2, 0.25) is 0 Å². The minimum atomic E-state index is -0.619. The maximum atomic E-state index is 13.2. The van der Waals surface area contributed by atoms with E-state index in [1.54, 1.807) is 4.90 Å². The number of nitrogens with zero attached hydrogens (tertiary/aromatic N) is 3. The smallest absolute Gasteiger partial charge is 0.277 e. The molecule has 0 radical (unpaired) electrons. The number of halogens is 1. The van der Waals surface area contributed by atoms with Crippen LogP contribution < -0.4 is 10.6 Å². The number of fused-ring (bicyclic) bond motifs is 1. The molecule has 2 amide bonds. The summed E-state index contributed by atoms with van der Waals surface area (Å²) in [5.41, 5.74) is 8.22. The standard InChI is InChI=1S/C19H15IN4O2/c20-12-6-8-13(9-7-12)23-11-10-15-16(18(21)25)22-24(17(15)19(23)26)14-4-2-1-3-5-14/h1-9H,10-11H2,(H2,21,25). The summed E-state index contributed by atoms with van der Waals surface area (Å²) in [6.45, 7) is 0.479. The molecule has 0 saturated carbocycles. The number of carbonyl (C=O) groups excluding carboxylic acids is 2. The van der Waals surface area contributed by atoms with Gasteiger partial charge in [0, 0.05) is 21.4 Å². The Bertz CT molecular complexity index is 996. The van der Waals surface area contributed by atoms with Crippen molar-refractivity contribution in [1.29, 1.82) is 0 Å². The van der Waals surface area contributed by atoms with E-state index in [4.69, 9.17) is 5.73 Å². The second kappa shape index (κ2) is 6.56. The van der Waals surface area contributed by atoms with Gasteiger partial charge in [0.05, 0.1) is 5.69 Å². The van der Waals surface area contributed by atoms with E-state index in [9.17, 15) is 9.59 Å². The molecule has 130 valence electrons. The summed E-state index contributed by atoms with van der Waals surface area (Å²) >= 11 is 2.23. The van der Waals surface area contributed by atoms with Crippen molar-refractivity contribution in [3.63, 3.8) is 0 Å². The maximum absolute atomic E-state index is 13.2. The summed E-state index contributed by atoms with van der Waals surface area (Å²) in [7, 11) is 0. The van der Waals surface area contributed by atoms with Crippen molar-refractivity contribution in [2.45, 2.75) is 6.42 Å². The van der Waals surface area contributed by atoms with E-state index >= 15 is 0 Å². The van der Waals surface area contributed by atoms with Crippen molar-refractivity contribution in [3.8, 4) is 5.69 Å². The minimum Gasteiger partial charge on any atom is -0.364 e. The third-order valence-corrected chi connectivity index (χ3v) is 5.11. The molecule has 3 aromatic rings. The second-order valence-electron chi connectivity index (χ2n) is 5.97. The molecule has 0 unspecified atom stereocenters. The Morgan fingerprint density at radius 1 is 1.04 bits per heavy atom. The van der Waals surface area contributed by atoms with E-state index in [0.29, 0.717) is 29.9 Å². The topological polar surface area (TPSA) is 81.2 Å². The van der Waals surface area contributed by atoms with Crippen LogP contribution in [-0.2, 0) is 6.42 Å². The first-order chi connectivity index (χ1) is 12.6. The zero-order valence-electron chi connectivity index (χ0n) is 13.7. The lowest BCUT2D eigenvalue weighted by Gasteiger charge is -2.27. The molecular formula is C19H15IN4O2. The van der Waals surface area contributed by atoms with Crippen molar-refractivity contribution >= 4 is 40.1 Å². The van der Waals surface area contributed by atoms with Crippen LogP contribution in [0, 0.1) is 3.57 Å². The summed E-state index contributed by atoms with van der Waals surface area (Å²) in [6, 6.07) is 17.0. The molecule has 4 rings (SSSR count). The molecule has 7 heteroatoms. The van der Waals surface area contributed by atoms with Crippen LogP contribution in [-0.4, -0.2) is 28.1 Å². The van der Waals surface area contributed by atoms with Gasteiger partial charge in [-0.1, -0.05) is 18.2 Å². The monoisotopic (exact) mass is 458 g/mol. The lowest BCUT2D eigenvalue weighted by atomic mass is 10.0. The number of nitrogens with two attached hydrogens (primary N) is 1. The molecule has 2 N–H and O–H groups in total. The predicted molar refractivity (Wildman–Crippen MR) is 107 cm³/mol. The molecule has 6 nitrogen and oxygen atoms in total. The lowest BCUT2D eigenvalue weighted by molar-refractivity contribution is 0.0972.